The Morgan fingerprint density at radius 1 is 0.755 bits per heavy atom. The summed E-state index contributed by atoms with van der Waals surface area (Å²) in [5.41, 5.74) is 6.75. The van der Waals surface area contributed by atoms with Crippen LogP contribution in [0.3, 0.4) is 0 Å². The van der Waals surface area contributed by atoms with Crippen LogP contribution in [-0.4, -0.2) is 92.2 Å². The van der Waals surface area contributed by atoms with Crippen LogP contribution in [0.25, 0.3) is 11.2 Å². The van der Waals surface area contributed by atoms with Crippen molar-refractivity contribution in [2.45, 2.75) is 170 Å². The van der Waals surface area contributed by atoms with E-state index in [4.69, 9.17) is 20.7 Å². The number of nitrogens with two attached hydrogens (primary N) is 1. The fraction of sp³-hybridized carbons (Fsp3) is 0.853. The molecule has 12 nitrogen and oxygen atoms in total. The Hall–Kier alpha value is -0.0626. The molecule has 0 unspecified atom stereocenters. The molecule has 15 heteroatoms. The molecule has 2 aromatic rings. The van der Waals surface area contributed by atoms with Crippen molar-refractivity contribution in [3.8, 4) is 0 Å². The molecule has 4 atom stereocenters. The van der Waals surface area contributed by atoms with E-state index in [0.717, 1.165) is 104 Å². The Kier molecular flexibility index (Phi) is 19.1. The van der Waals surface area contributed by atoms with Gasteiger partial charge in [-0.2, -0.15) is 0 Å². The number of aliphatic hydroxyl groups is 2. The molecule has 1 aliphatic heterocycles. The summed E-state index contributed by atoms with van der Waals surface area (Å²) in [6, 6.07) is 0. The van der Waals surface area contributed by atoms with Crippen molar-refractivity contribution in [2.75, 3.05) is 12.3 Å². The maximum absolute atomic E-state index is 15.5. The van der Waals surface area contributed by atoms with Crippen LogP contribution in [0.1, 0.15) is 125 Å². The van der Waals surface area contributed by atoms with E-state index in [0.29, 0.717) is 11.2 Å². The van der Waals surface area contributed by atoms with E-state index < -0.39 is 69.9 Å². The zero-order valence-corrected chi connectivity index (χ0v) is 37.8. The summed E-state index contributed by atoms with van der Waals surface area (Å²) in [7, 11) is -4.07. The quantitative estimate of drug-likeness (QED) is 0.0610. The van der Waals surface area contributed by atoms with E-state index in [1.165, 1.54) is 17.2 Å². The Morgan fingerprint density at radius 2 is 1.20 bits per heavy atom. The number of aromatic nitrogens is 4. The monoisotopic (exact) mass is 927 g/mol. The van der Waals surface area contributed by atoms with Crippen LogP contribution in [0, 0.1) is 0 Å². The number of nitrogens with zero attached hydrogens (tertiary/aromatic N) is 4. The van der Waals surface area contributed by atoms with Crippen LogP contribution in [0.5, 0.6) is 0 Å². The van der Waals surface area contributed by atoms with E-state index in [-0.39, 0.29) is 12.4 Å². The Morgan fingerprint density at radius 3 is 1.63 bits per heavy atom. The zero-order chi connectivity index (χ0) is 35.9. The summed E-state index contributed by atoms with van der Waals surface area (Å²) in [5, 5.41) is 22.4. The van der Waals surface area contributed by atoms with E-state index in [2.05, 4.69) is 56.5 Å². The Labute approximate surface area is 304 Å². The van der Waals surface area contributed by atoms with E-state index in [1.807, 2.05) is 0 Å². The maximum atomic E-state index is 15.5. The zero-order valence-electron chi connectivity index (χ0n) is 31.1. The number of hydrogen-bond donors (Lipinski definition) is 3. The van der Waals surface area contributed by atoms with Crippen molar-refractivity contribution >= 4 is 62.4 Å². The molecule has 0 aromatic carbocycles. The van der Waals surface area contributed by atoms with Crippen molar-refractivity contribution in [2.24, 2.45) is 0 Å². The summed E-state index contributed by atoms with van der Waals surface area (Å²) in [4.78, 5) is 12.6. The first-order valence-corrected chi connectivity index (χ1v) is 35.1. The van der Waals surface area contributed by atoms with Crippen LogP contribution < -0.4 is 5.73 Å². The van der Waals surface area contributed by atoms with Crippen LogP contribution in [0.2, 0.25) is 26.6 Å². The molecule has 2 aromatic heterocycles. The number of ether oxygens (including phenoxy) is 1. The number of nitrogen functional groups attached to an aromatic ring is 1. The molecular weight excluding hydrogens is 859 g/mol. The number of anilines is 1. The first-order chi connectivity index (χ1) is 23.6. The number of rotatable bonds is 26. The summed E-state index contributed by atoms with van der Waals surface area (Å²) < 4.78 is 49.9. The fourth-order valence-corrected chi connectivity index (χ4v) is 46.4. The van der Waals surface area contributed by atoms with Crippen LogP contribution >= 0.6 is 7.82 Å². The Bertz CT molecular complexity index is 1210. The summed E-state index contributed by atoms with van der Waals surface area (Å²) in [6.07, 6.45) is 10.8. The van der Waals surface area contributed by atoms with Gasteiger partial charge in [0.2, 0.25) is 0 Å². The third-order valence-electron chi connectivity index (χ3n) is 9.92. The minimum absolute atomic E-state index is 0.208. The number of imidazole rings is 1. The van der Waals surface area contributed by atoms with Gasteiger partial charge in [0.15, 0.2) is 0 Å². The molecular formula is C34H66N5O7PSn2. The molecule has 49 heavy (non-hydrogen) atoms. The third kappa shape index (κ3) is 12.2. The molecule has 0 aliphatic carbocycles. The molecule has 282 valence electrons. The van der Waals surface area contributed by atoms with Crippen molar-refractivity contribution in [1.82, 2.24) is 19.5 Å². The molecule has 0 amide bonds. The van der Waals surface area contributed by atoms with Gasteiger partial charge in [0.25, 0.3) is 0 Å². The first kappa shape index (κ1) is 43.3. The molecule has 1 fully saturated rings. The van der Waals surface area contributed by atoms with Gasteiger partial charge in [-0.15, -0.1) is 0 Å². The summed E-state index contributed by atoms with van der Waals surface area (Å²) in [5.74, 6) is 0.208. The van der Waals surface area contributed by atoms with Crippen molar-refractivity contribution in [3.63, 3.8) is 0 Å². The van der Waals surface area contributed by atoms with Gasteiger partial charge in [-0.25, -0.2) is 0 Å². The standard InChI is InChI=1S/C10H14N5O7P.6C4H9.2Sn/c11-8-5-9(13-2-12-8)15(3-14-5)10-7(17)6(16)4(22-10)1-21-23(18,19)20;6*1-3-4-2;;/h2-4,6-7,10,16-17H,1H2,(H2,11,12,13)(H2,18,19,20);6*1,3-4H2,2H3;;/q;;;;;;;2*+1/p-2/t4-,6-,7-,10-;;;;;;;;/m1......../s1. The Balaban J connectivity index is 2.00. The van der Waals surface area contributed by atoms with Crippen molar-refractivity contribution in [1.29, 1.82) is 0 Å². The third-order valence-corrected chi connectivity index (χ3v) is 43.7. The second kappa shape index (κ2) is 21.6. The van der Waals surface area contributed by atoms with Crippen LogP contribution in [-0.2, 0) is 19.5 Å². The van der Waals surface area contributed by atoms with Gasteiger partial charge in [0.1, 0.15) is 0 Å². The predicted octanol–water partition coefficient (Wildman–Crippen LogP) is 8.88. The van der Waals surface area contributed by atoms with Crippen LogP contribution in [0.15, 0.2) is 12.7 Å². The van der Waals surface area contributed by atoms with Gasteiger partial charge in [-0.05, 0) is 0 Å². The number of aliphatic hydroxyl groups excluding tert-OH is 2. The molecule has 0 bridgehead atoms. The van der Waals surface area contributed by atoms with Crippen LogP contribution in [0.4, 0.5) is 5.82 Å². The van der Waals surface area contributed by atoms with Gasteiger partial charge < -0.3 is 0 Å². The van der Waals surface area contributed by atoms with E-state index in [9.17, 15) is 10.2 Å². The summed E-state index contributed by atoms with van der Waals surface area (Å²) in [6.45, 7) is 13.0. The number of fused-ring (bicyclic) bond motifs is 1. The predicted molar refractivity (Wildman–Crippen MR) is 201 cm³/mol. The molecule has 0 spiro atoms. The SMILES string of the molecule is CCC[CH2][Sn]([CH2]CCC)([CH2]CCC)[O]P(=O)(OC[C@H]1O[C@@H](n2cnc3c(N)ncnc32)[C@H](O)[C@@H]1O)[O][Sn]([CH2]CCC)([CH2]CCC)[CH2]CCC. The summed E-state index contributed by atoms with van der Waals surface area (Å²) >= 11 is -7.08. The van der Waals surface area contributed by atoms with Crippen molar-refractivity contribution in [3.05, 3.63) is 12.7 Å². The average Bonchev–Trinajstić information content (AvgIpc) is 3.65. The second-order valence-electron chi connectivity index (χ2n) is 14.0. The van der Waals surface area contributed by atoms with Gasteiger partial charge in [-0.1, -0.05) is 0 Å². The first-order valence-electron chi connectivity index (χ1n) is 19.2. The second-order valence-corrected chi connectivity index (χ2v) is 40.8. The van der Waals surface area contributed by atoms with Gasteiger partial charge in [0, 0.05) is 0 Å². The number of phosphoric acid groups is 1. The number of unbranched alkanes of at least 4 members (excludes halogenated alkanes) is 6. The fourth-order valence-electron chi connectivity index (χ4n) is 6.88. The molecule has 1 saturated heterocycles. The topological polar surface area (TPSA) is 164 Å². The van der Waals surface area contributed by atoms with E-state index in [1.54, 1.807) is 0 Å². The molecule has 3 rings (SSSR count). The molecule has 4 N–H and O–H groups in total. The van der Waals surface area contributed by atoms with E-state index >= 15 is 4.57 Å². The molecule has 0 radical (unpaired) electrons. The van der Waals surface area contributed by atoms with Gasteiger partial charge >= 0.3 is 306 Å². The number of hydrogen-bond acceptors (Lipinski definition) is 11. The molecule has 0 saturated carbocycles. The minimum atomic E-state index is -4.07. The molecule has 1 aliphatic rings. The van der Waals surface area contributed by atoms with Gasteiger partial charge in [-0.3, -0.25) is 0 Å². The van der Waals surface area contributed by atoms with Crippen molar-refractivity contribution < 1.29 is 29.8 Å². The van der Waals surface area contributed by atoms with Gasteiger partial charge in [0.05, 0.1) is 0 Å². The normalized spacial score (nSPS) is 20.5. The molecule has 3 heterocycles. The average molecular weight is 925 g/mol.